The van der Waals surface area contributed by atoms with Gasteiger partial charge in [-0.25, -0.2) is 17.6 Å². The van der Waals surface area contributed by atoms with Crippen LogP contribution in [-0.4, -0.2) is 23.9 Å². The number of anilines is 2. The van der Waals surface area contributed by atoms with E-state index in [1.54, 1.807) is 18.2 Å². The summed E-state index contributed by atoms with van der Waals surface area (Å²) in [5.74, 6) is -7.55. The number of amides is 2. The quantitative estimate of drug-likeness (QED) is 0.331. The molecule has 0 heterocycles. The minimum absolute atomic E-state index is 0.115. The first-order chi connectivity index (χ1) is 17.1. The summed E-state index contributed by atoms with van der Waals surface area (Å²) in [5.41, 5.74) is -7.32. The number of halogens is 7. The van der Waals surface area contributed by atoms with Crippen LogP contribution in [0.3, 0.4) is 0 Å². The molecule has 196 valence electrons. The monoisotopic (exact) mass is 526 g/mol. The van der Waals surface area contributed by atoms with Crippen LogP contribution in [0.2, 0.25) is 0 Å². The first-order valence-corrected chi connectivity index (χ1v) is 10.8. The minimum Gasteiger partial charge on any atom is -0.321 e. The van der Waals surface area contributed by atoms with Gasteiger partial charge in [-0.1, -0.05) is 36.4 Å². The molecule has 3 rings (SSSR count). The third-order valence-electron chi connectivity index (χ3n) is 5.69. The second kappa shape index (κ2) is 9.87. The maximum atomic E-state index is 15.1. The molecule has 2 N–H and O–H groups in total. The lowest BCUT2D eigenvalue weighted by atomic mass is 9.86. The highest BCUT2D eigenvalue weighted by Crippen LogP contribution is 2.53. The van der Waals surface area contributed by atoms with Crippen LogP contribution in [0.25, 0.3) is 0 Å². The van der Waals surface area contributed by atoms with Gasteiger partial charge in [0, 0.05) is 23.7 Å². The predicted octanol–water partition coefficient (Wildman–Crippen LogP) is 7.33. The first kappa shape index (κ1) is 27.7. The molecule has 0 saturated carbocycles. The van der Waals surface area contributed by atoms with E-state index in [-0.39, 0.29) is 35.0 Å². The molecule has 0 aliphatic heterocycles. The SMILES string of the molecule is Cc1cc(C(F)(C(C)(F)F)C(F)(F)F)cc(C)c1NC(=O)c1cccc(NC(=O)c2ccccc2)c1F. The second-order valence-electron chi connectivity index (χ2n) is 8.47. The Bertz CT molecular complexity index is 1300. The fourth-order valence-corrected chi connectivity index (χ4v) is 3.79. The van der Waals surface area contributed by atoms with Crippen LogP contribution in [0.15, 0.2) is 60.7 Å². The Morgan fingerprint density at radius 2 is 1.32 bits per heavy atom. The van der Waals surface area contributed by atoms with Crippen LogP contribution in [0.1, 0.15) is 44.3 Å². The molecule has 37 heavy (non-hydrogen) atoms. The van der Waals surface area contributed by atoms with E-state index in [0.717, 1.165) is 6.07 Å². The highest BCUT2D eigenvalue weighted by Gasteiger charge is 2.70. The predicted molar refractivity (Wildman–Crippen MR) is 124 cm³/mol. The van der Waals surface area contributed by atoms with Crippen molar-refractivity contribution < 1.29 is 40.3 Å². The summed E-state index contributed by atoms with van der Waals surface area (Å²) < 4.78 is 97.6. The van der Waals surface area contributed by atoms with Crippen molar-refractivity contribution in [2.45, 2.75) is 38.5 Å². The van der Waals surface area contributed by atoms with Crippen LogP contribution >= 0.6 is 0 Å². The average molecular weight is 526 g/mol. The molecule has 0 spiro atoms. The number of carbonyl (C=O) groups is 2. The lowest BCUT2D eigenvalue weighted by Crippen LogP contribution is -2.51. The summed E-state index contributed by atoms with van der Waals surface area (Å²) >= 11 is 0. The van der Waals surface area contributed by atoms with Crippen LogP contribution in [0, 0.1) is 19.7 Å². The fourth-order valence-electron chi connectivity index (χ4n) is 3.79. The number of carbonyl (C=O) groups excluding carboxylic acids is 2. The Labute approximate surface area is 207 Å². The molecule has 4 nitrogen and oxygen atoms in total. The molecule has 3 aromatic carbocycles. The van der Waals surface area contributed by atoms with Crippen molar-refractivity contribution in [2.24, 2.45) is 0 Å². The molecule has 0 saturated heterocycles. The van der Waals surface area contributed by atoms with Gasteiger partial charge in [0.2, 0.25) is 0 Å². The Balaban J connectivity index is 1.92. The summed E-state index contributed by atoms with van der Waals surface area (Å²) in [6.45, 7) is 2.19. The largest absolute Gasteiger partial charge is 0.432 e. The van der Waals surface area contributed by atoms with E-state index in [4.69, 9.17) is 0 Å². The van der Waals surface area contributed by atoms with Gasteiger partial charge < -0.3 is 10.6 Å². The van der Waals surface area contributed by atoms with E-state index in [2.05, 4.69) is 10.6 Å². The van der Waals surface area contributed by atoms with Crippen molar-refractivity contribution >= 4 is 23.2 Å². The second-order valence-corrected chi connectivity index (χ2v) is 8.47. The van der Waals surface area contributed by atoms with Gasteiger partial charge in [-0.05, 0) is 49.2 Å². The average Bonchev–Trinajstić information content (AvgIpc) is 2.81. The van der Waals surface area contributed by atoms with Gasteiger partial charge >= 0.3 is 6.18 Å². The molecule has 0 fully saturated rings. The van der Waals surface area contributed by atoms with E-state index in [1.807, 2.05) is 0 Å². The Morgan fingerprint density at radius 3 is 1.84 bits per heavy atom. The molecule has 0 aromatic heterocycles. The van der Waals surface area contributed by atoms with Crippen LogP contribution < -0.4 is 10.6 Å². The highest BCUT2D eigenvalue weighted by molar-refractivity contribution is 6.08. The molecular formula is C26H21F7N2O2. The van der Waals surface area contributed by atoms with Gasteiger partial charge in [0.25, 0.3) is 23.4 Å². The molecule has 0 radical (unpaired) electrons. The van der Waals surface area contributed by atoms with Crippen LogP contribution in [0.4, 0.5) is 42.1 Å². The lowest BCUT2D eigenvalue weighted by molar-refractivity contribution is -0.304. The van der Waals surface area contributed by atoms with Gasteiger partial charge in [-0.15, -0.1) is 0 Å². The molecule has 3 aromatic rings. The van der Waals surface area contributed by atoms with Crippen molar-refractivity contribution in [3.8, 4) is 0 Å². The third kappa shape index (κ3) is 5.30. The number of nitrogens with one attached hydrogen (secondary N) is 2. The van der Waals surface area contributed by atoms with Gasteiger partial charge in [0.1, 0.15) is 0 Å². The van der Waals surface area contributed by atoms with Gasteiger partial charge in [0.15, 0.2) is 5.82 Å². The minimum atomic E-state index is -5.93. The van der Waals surface area contributed by atoms with E-state index >= 15 is 4.39 Å². The Hall–Kier alpha value is -3.89. The molecule has 2 amide bonds. The number of hydrogen-bond donors (Lipinski definition) is 2. The topological polar surface area (TPSA) is 58.2 Å². The number of rotatable bonds is 6. The van der Waals surface area contributed by atoms with E-state index in [1.165, 1.54) is 38.1 Å². The van der Waals surface area contributed by atoms with Crippen LogP contribution in [-0.2, 0) is 5.67 Å². The Morgan fingerprint density at radius 1 is 0.757 bits per heavy atom. The van der Waals surface area contributed by atoms with Gasteiger partial charge in [0.05, 0.1) is 11.3 Å². The van der Waals surface area contributed by atoms with E-state index < -0.39 is 46.5 Å². The number of hydrogen-bond acceptors (Lipinski definition) is 2. The first-order valence-electron chi connectivity index (χ1n) is 10.8. The molecule has 0 aliphatic rings. The van der Waals surface area contributed by atoms with Crippen molar-refractivity contribution in [1.29, 1.82) is 0 Å². The van der Waals surface area contributed by atoms with E-state index in [9.17, 15) is 35.9 Å². The molecule has 1 atom stereocenters. The summed E-state index contributed by atoms with van der Waals surface area (Å²) in [6.07, 6.45) is -5.93. The van der Waals surface area contributed by atoms with Gasteiger partial charge in [-0.3, -0.25) is 9.59 Å². The van der Waals surface area contributed by atoms with Crippen molar-refractivity contribution in [3.63, 3.8) is 0 Å². The zero-order valence-corrected chi connectivity index (χ0v) is 19.7. The van der Waals surface area contributed by atoms with Crippen LogP contribution in [0.5, 0.6) is 0 Å². The van der Waals surface area contributed by atoms with Crippen molar-refractivity contribution in [1.82, 2.24) is 0 Å². The molecule has 0 aliphatic carbocycles. The summed E-state index contributed by atoms with van der Waals surface area (Å²) in [4.78, 5) is 25.1. The maximum absolute atomic E-state index is 15.1. The third-order valence-corrected chi connectivity index (χ3v) is 5.69. The summed E-state index contributed by atoms with van der Waals surface area (Å²) in [6, 6.07) is 12.6. The zero-order chi connectivity index (χ0) is 27.8. The Kier molecular flexibility index (Phi) is 7.39. The standard InChI is InChI=1S/C26H21F7N2O2/c1-14-12-17(25(30,24(3,28)29)26(31,32)33)13-15(2)21(14)35-23(37)18-10-7-11-19(20(18)27)34-22(36)16-8-5-4-6-9-16/h4-13H,1-3H3,(H,34,36)(H,35,37). The molecular weight excluding hydrogens is 505 g/mol. The number of aryl methyl sites for hydroxylation is 2. The highest BCUT2D eigenvalue weighted by atomic mass is 19.4. The summed E-state index contributed by atoms with van der Waals surface area (Å²) in [7, 11) is 0. The molecule has 0 bridgehead atoms. The molecule has 1 unspecified atom stereocenters. The number of benzene rings is 3. The van der Waals surface area contributed by atoms with Crippen molar-refractivity contribution in [2.75, 3.05) is 10.6 Å². The normalized spacial score (nSPS) is 13.6. The summed E-state index contributed by atoms with van der Waals surface area (Å²) in [5, 5.41) is 4.67. The fraction of sp³-hybridized carbons (Fsp3) is 0.231. The smallest absolute Gasteiger partial charge is 0.321 e. The molecule has 11 heteroatoms. The van der Waals surface area contributed by atoms with E-state index in [0.29, 0.717) is 12.1 Å². The van der Waals surface area contributed by atoms with Crippen molar-refractivity contribution in [3.05, 3.63) is 94.3 Å². The maximum Gasteiger partial charge on any atom is 0.432 e. The van der Waals surface area contributed by atoms with Gasteiger partial charge in [-0.2, -0.15) is 13.2 Å². The lowest BCUT2D eigenvalue weighted by Gasteiger charge is -2.34. The number of alkyl halides is 6. The zero-order valence-electron chi connectivity index (χ0n) is 19.7.